The summed E-state index contributed by atoms with van der Waals surface area (Å²) in [6.45, 7) is 0. The van der Waals surface area contributed by atoms with E-state index in [1.807, 2.05) is 24.3 Å². The van der Waals surface area contributed by atoms with Crippen molar-refractivity contribution in [1.82, 2.24) is 10.2 Å². The molecule has 1 aromatic carbocycles. The second-order valence-electron chi connectivity index (χ2n) is 2.15. The van der Waals surface area contributed by atoms with E-state index in [0.29, 0.717) is 5.82 Å². The average Bonchev–Trinajstić information content (AvgIpc) is 2.34. The molecule has 2 aromatic rings. The molecule has 58 valence electrons. The normalized spacial score (nSPS) is 9.45. The number of anilines is 1. The van der Waals surface area contributed by atoms with E-state index in [-0.39, 0.29) is 5.48 Å². The second-order valence-corrected chi connectivity index (χ2v) is 2.15. The van der Waals surface area contributed by atoms with Crippen molar-refractivity contribution in [2.24, 2.45) is 0 Å². The van der Waals surface area contributed by atoms with E-state index in [4.69, 9.17) is 5.73 Å². The first-order chi connectivity index (χ1) is 4.88. The highest BCUT2D eigenvalue weighted by molar-refractivity contribution is 5.88. The van der Waals surface area contributed by atoms with Crippen LogP contribution in [0, 0.1) is 0 Å². The zero-order valence-electron chi connectivity index (χ0n) is 5.83. The van der Waals surface area contributed by atoms with Crippen molar-refractivity contribution >= 4 is 16.7 Å². The molecule has 0 aliphatic rings. The van der Waals surface area contributed by atoms with Gasteiger partial charge in [0.05, 0.1) is 5.52 Å². The zero-order chi connectivity index (χ0) is 6.97. The first-order valence-corrected chi connectivity index (χ1v) is 3.06. The Hall–Kier alpha value is -1.55. The molecule has 1 heterocycles. The summed E-state index contributed by atoms with van der Waals surface area (Å²) >= 11 is 0. The van der Waals surface area contributed by atoms with Crippen LogP contribution < -0.4 is 5.73 Å². The number of para-hydroxylation sites is 1. The monoisotopic (exact) mass is 151 g/mol. The van der Waals surface area contributed by atoms with Crippen LogP contribution in [-0.2, 0) is 0 Å². The molecular weight excluding hydrogens is 142 g/mol. The summed E-state index contributed by atoms with van der Waals surface area (Å²) < 4.78 is 0. The molecule has 0 amide bonds. The summed E-state index contributed by atoms with van der Waals surface area (Å²) in [6, 6.07) is 7.76. The molecule has 0 atom stereocenters. The van der Waals surface area contributed by atoms with E-state index < -0.39 is 0 Å². The van der Waals surface area contributed by atoms with Gasteiger partial charge in [0.25, 0.3) is 0 Å². The number of aromatic amines is 1. The van der Waals surface area contributed by atoms with Crippen molar-refractivity contribution < 1.29 is 5.48 Å². The van der Waals surface area contributed by atoms with Gasteiger partial charge in [-0.2, -0.15) is 5.10 Å². The van der Waals surface area contributed by atoms with Crippen LogP contribution in [0.2, 0.25) is 0 Å². The standard InChI is InChI=1S/C7H7N3.H2O/c8-7-5-3-1-2-4-6(5)9-10-7;/h1-4H,(H3,8,9,10);1H2. The van der Waals surface area contributed by atoms with E-state index in [1.54, 1.807) is 0 Å². The van der Waals surface area contributed by atoms with Crippen LogP contribution in [0.15, 0.2) is 24.3 Å². The van der Waals surface area contributed by atoms with E-state index in [2.05, 4.69) is 10.2 Å². The van der Waals surface area contributed by atoms with Crippen LogP contribution in [0.4, 0.5) is 5.82 Å². The number of hydrogen-bond acceptors (Lipinski definition) is 2. The number of H-pyrrole nitrogens is 1. The largest absolute Gasteiger partial charge is 0.412 e. The Balaban J connectivity index is 0.000000605. The van der Waals surface area contributed by atoms with Crippen LogP contribution in [0.1, 0.15) is 0 Å². The lowest BCUT2D eigenvalue weighted by Gasteiger charge is -1.84. The summed E-state index contributed by atoms with van der Waals surface area (Å²) in [7, 11) is 0. The Morgan fingerprint density at radius 1 is 1.27 bits per heavy atom. The van der Waals surface area contributed by atoms with Crippen molar-refractivity contribution in [2.75, 3.05) is 5.73 Å². The van der Waals surface area contributed by atoms with Crippen molar-refractivity contribution in [3.05, 3.63) is 24.3 Å². The molecule has 4 heteroatoms. The van der Waals surface area contributed by atoms with Gasteiger partial charge >= 0.3 is 0 Å². The summed E-state index contributed by atoms with van der Waals surface area (Å²) in [4.78, 5) is 0. The van der Waals surface area contributed by atoms with Crippen LogP contribution in [0.5, 0.6) is 0 Å². The maximum Gasteiger partial charge on any atom is 0.153 e. The van der Waals surface area contributed by atoms with E-state index in [0.717, 1.165) is 10.9 Å². The number of nitrogens with zero attached hydrogens (tertiary/aromatic N) is 1. The van der Waals surface area contributed by atoms with Crippen molar-refractivity contribution in [3.8, 4) is 0 Å². The predicted molar refractivity (Wildman–Crippen MR) is 44.1 cm³/mol. The Morgan fingerprint density at radius 3 is 2.73 bits per heavy atom. The molecule has 5 N–H and O–H groups in total. The SMILES string of the molecule is Nc1n[nH]c2ccccc12.O. The Morgan fingerprint density at radius 2 is 2.00 bits per heavy atom. The van der Waals surface area contributed by atoms with Gasteiger partial charge in [-0.1, -0.05) is 12.1 Å². The smallest absolute Gasteiger partial charge is 0.153 e. The van der Waals surface area contributed by atoms with Gasteiger partial charge in [-0.3, -0.25) is 5.10 Å². The van der Waals surface area contributed by atoms with E-state index in [9.17, 15) is 0 Å². The minimum absolute atomic E-state index is 0. The number of fused-ring (bicyclic) bond motifs is 1. The fourth-order valence-electron chi connectivity index (χ4n) is 0.985. The van der Waals surface area contributed by atoms with Crippen LogP contribution in [0.3, 0.4) is 0 Å². The summed E-state index contributed by atoms with van der Waals surface area (Å²) in [6.07, 6.45) is 0. The molecule has 0 unspecified atom stereocenters. The topological polar surface area (TPSA) is 86.2 Å². The lowest BCUT2D eigenvalue weighted by atomic mass is 10.2. The van der Waals surface area contributed by atoms with Gasteiger partial charge in [-0.15, -0.1) is 0 Å². The first-order valence-electron chi connectivity index (χ1n) is 3.06. The number of benzene rings is 1. The third-order valence-corrected chi connectivity index (χ3v) is 1.50. The molecule has 0 aliphatic heterocycles. The highest BCUT2D eigenvalue weighted by Gasteiger charge is 1.97. The summed E-state index contributed by atoms with van der Waals surface area (Å²) in [5.74, 6) is 0.565. The van der Waals surface area contributed by atoms with Gasteiger partial charge in [-0.05, 0) is 12.1 Å². The van der Waals surface area contributed by atoms with Gasteiger partial charge in [0.1, 0.15) is 0 Å². The van der Waals surface area contributed by atoms with Crippen LogP contribution in [-0.4, -0.2) is 15.7 Å². The Labute approximate surface area is 63.3 Å². The number of aromatic nitrogens is 2. The highest BCUT2D eigenvalue weighted by Crippen LogP contribution is 2.15. The van der Waals surface area contributed by atoms with Gasteiger partial charge in [0.2, 0.25) is 0 Å². The molecule has 1 aromatic heterocycles. The maximum atomic E-state index is 5.53. The molecule has 0 fully saturated rings. The molecule has 0 saturated carbocycles. The minimum Gasteiger partial charge on any atom is -0.412 e. The fraction of sp³-hybridized carbons (Fsp3) is 0. The maximum absolute atomic E-state index is 5.53. The highest BCUT2D eigenvalue weighted by atomic mass is 16.0. The number of nitrogen functional groups attached to an aromatic ring is 1. The average molecular weight is 151 g/mol. The molecule has 0 spiro atoms. The molecule has 2 rings (SSSR count). The molecular formula is C7H9N3O. The molecule has 0 radical (unpaired) electrons. The quantitative estimate of drug-likeness (QED) is 0.568. The first kappa shape index (κ1) is 7.56. The number of rotatable bonds is 0. The Kier molecular flexibility index (Phi) is 1.78. The second kappa shape index (κ2) is 2.59. The van der Waals surface area contributed by atoms with Gasteiger partial charge < -0.3 is 11.2 Å². The van der Waals surface area contributed by atoms with Crippen LogP contribution >= 0.6 is 0 Å². The molecule has 11 heavy (non-hydrogen) atoms. The Bertz CT molecular complexity index is 355. The molecule has 0 saturated heterocycles. The predicted octanol–water partition coefficient (Wildman–Crippen LogP) is 0.320. The molecule has 0 bridgehead atoms. The van der Waals surface area contributed by atoms with Crippen molar-refractivity contribution in [1.29, 1.82) is 0 Å². The third-order valence-electron chi connectivity index (χ3n) is 1.50. The number of hydrogen-bond donors (Lipinski definition) is 2. The van der Waals surface area contributed by atoms with E-state index >= 15 is 0 Å². The van der Waals surface area contributed by atoms with Gasteiger partial charge in [-0.25, -0.2) is 0 Å². The van der Waals surface area contributed by atoms with Crippen molar-refractivity contribution in [2.45, 2.75) is 0 Å². The number of nitrogens with one attached hydrogen (secondary N) is 1. The lowest BCUT2D eigenvalue weighted by Crippen LogP contribution is -1.82. The molecule has 0 aliphatic carbocycles. The van der Waals surface area contributed by atoms with Crippen molar-refractivity contribution in [3.63, 3.8) is 0 Å². The third kappa shape index (κ3) is 1.03. The fourth-order valence-corrected chi connectivity index (χ4v) is 0.985. The molecule has 4 nitrogen and oxygen atoms in total. The zero-order valence-corrected chi connectivity index (χ0v) is 5.83. The van der Waals surface area contributed by atoms with Crippen LogP contribution in [0.25, 0.3) is 10.9 Å². The lowest BCUT2D eigenvalue weighted by molar-refractivity contribution is 0.824. The van der Waals surface area contributed by atoms with Gasteiger partial charge in [0.15, 0.2) is 5.82 Å². The minimum atomic E-state index is 0. The van der Waals surface area contributed by atoms with E-state index in [1.165, 1.54) is 0 Å². The summed E-state index contributed by atoms with van der Waals surface area (Å²) in [5.41, 5.74) is 6.52. The number of nitrogens with two attached hydrogens (primary N) is 1. The van der Waals surface area contributed by atoms with Gasteiger partial charge in [0, 0.05) is 5.39 Å². The summed E-state index contributed by atoms with van der Waals surface area (Å²) in [5, 5.41) is 7.65.